The number of methoxy groups -OCH3 is 1. The minimum atomic E-state index is 0.554. The van der Waals surface area contributed by atoms with Crippen LogP contribution < -0.4 is 0 Å². The lowest BCUT2D eigenvalue weighted by Crippen LogP contribution is -2.07. The van der Waals surface area contributed by atoms with E-state index in [1.165, 1.54) is 32.1 Å². The average molecular weight is 206 g/mol. The molecule has 82 valence electrons. The van der Waals surface area contributed by atoms with Gasteiger partial charge in [-0.15, -0.1) is 0 Å². The minimum absolute atomic E-state index is 0.554. The minimum Gasteiger partial charge on any atom is -0.378 e. The highest BCUT2D eigenvalue weighted by Gasteiger charge is 2.16. The van der Waals surface area contributed by atoms with Crippen molar-refractivity contribution in [2.75, 3.05) is 7.11 Å². The van der Waals surface area contributed by atoms with Crippen LogP contribution >= 0.6 is 0 Å². The Morgan fingerprint density at radius 3 is 2.60 bits per heavy atom. The lowest BCUT2D eigenvalue weighted by atomic mass is 9.87. The first-order chi connectivity index (χ1) is 7.40. The summed E-state index contributed by atoms with van der Waals surface area (Å²) >= 11 is 0. The van der Waals surface area contributed by atoms with Crippen molar-refractivity contribution in [3.05, 3.63) is 23.8 Å². The maximum absolute atomic E-state index is 5.01. The summed E-state index contributed by atoms with van der Waals surface area (Å²) in [5, 5.41) is 0. The summed E-state index contributed by atoms with van der Waals surface area (Å²) in [4.78, 5) is 8.83. The van der Waals surface area contributed by atoms with Crippen LogP contribution in [0, 0.1) is 0 Å². The largest absolute Gasteiger partial charge is 0.378 e. The zero-order valence-corrected chi connectivity index (χ0v) is 9.28. The molecule has 1 fully saturated rings. The molecule has 0 spiro atoms. The number of ether oxygens (including phenoxy) is 1. The van der Waals surface area contributed by atoms with Crippen molar-refractivity contribution < 1.29 is 4.74 Å². The third kappa shape index (κ3) is 2.75. The first-order valence-electron chi connectivity index (χ1n) is 5.70. The topological polar surface area (TPSA) is 35.0 Å². The Kier molecular flexibility index (Phi) is 3.67. The summed E-state index contributed by atoms with van der Waals surface area (Å²) < 4.78 is 5.01. The maximum atomic E-state index is 5.01. The van der Waals surface area contributed by atoms with E-state index in [1.54, 1.807) is 7.11 Å². The number of nitrogens with zero attached hydrogens (tertiary/aromatic N) is 2. The molecule has 0 aliphatic heterocycles. The summed E-state index contributed by atoms with van der Waals surface area (Å²) in [6.45, 7) is 0.554. The molecule has 0 aromatic carbocycles. The monoisotopic (exact) mass is 206 g/mol. The van der Waals surface area contributed by atoms with Crippen LogP contribution in [0.4, 0.5) is 0 Å². The third-order valence-corrected chi connectivity index (χ3v) is 3.04. The van der Waals surface area contributed by atoms with Crippen molar-refractivity contribution in [2.45, 2.75) is 44.6 Å². The molecule has 0 atom stereocenters. The van der Waals surface area contributed by atoms with E-state index in [4.69, 9.17) is 4.74 Å². The Hall–Kier alpha value is -0.960. The van der Waals surface area contributed by atoms with Gasteiger partial charge in [-0.1, -0.05) is 19.3 Å². The molecular weight excluding hydrogens is 188 g/mol. The van der Waals surface area contributed by atoms with Gasteiger partial charge in [0.2, 0.25) is 0 Å². The Bertz CT molecular complexity index is 291. The molecule has 3 nitrogen and oxygen atoms in total. The molecule has 0 saturated heterocycles. The highest BCUT2D eigenvalue weighted by molar-refractivity contribution is 5.07. The maximum Gasteiger partial charge on any atom is 0.0899 e. The van der Waals surface area contributed by atoms with Gasteiger partial charge in [0.15, 0.2) is 0 Å². The second-order valence-corrected chi connectivity index (χ2v) is 4.20. The summed E-state index contributed by atoms with van der Waals surface area (Å²) in [6.07, 6.45) is 10.4. The van der Waals surface area contributed by atoms with E-state index >= 15 is 0 Å². The molecule has 0 N–H and O–H groups in total. The summed E-state index contributed by atoms with van der Waals surface area (Å²) in [5.74, 6) is 0.642. The SMILES string of the molecule is COCc1cnc(C2CCCCC2)cn1. The number of rotatable bonds is 3. The first-order valence-corrected chi connectivity index (χ1v) is 5.70. The van der Waals surface area contributed by atoms with E-state index in [0.717, 1.165) is 11.4 Å². The van der Waals surface area contributed by atoms with Crippen molar-refractivity contribution in [3.63, 3.8) is 0 Å². The zero-order valence-electron chi connectivity index (χ0n) is 9.28. The van der Waals surface area contributed by atoms with E-state index in [-0.39, 0.29) is 0 Å². The summed E-state index contributed by atoms with van der Waals surface area (Å²) in [6, 6.07) is 0. The van der Waals surface area contributed by atoms with Gasteiger partial charge in [-0.3, -0.25) is 9.97 Å². The van der Waals surface area contributed by atoms with Gasteiger partial charge in [0.05, 0.1) is 24.2 Å². The predicted octanol–water partition coefficient (Wildman–Crippen LogP) is 2.67. The van der Waals surface area contributed by atoms with Gasteiger partial charge in [-0.05, 0) is 12.8 Å². The van der Waals surface area contributed by atoms with E-state index in [0.29, 0.717) is 12.5 Å². The van der Waals surface area contributed by atoms with Gasteiger partial charge in [-0.25, -0.2) is 0 Å². The Balaban J connectivity index is 2.02. The molecule has 3 heteroatoms. The summed E-state index contributed by atoms with van der Waals surface area (Å²) in [7, 11) is 1.68. The van der Waals surface area contributed by atoms with Crippen LogP contribution in [-0.4, -0.2) is 17.1 Å². The highest BCUT2D eigenvalue weighted by Crippen LogP contribution is 2.30. The molecule has 0 amide bonds. The first kappa shape index (κ1) is 10.6. The summed E-state index contributed by atoms with van der Waals surface area (Å²) in [5.41, 5.74) is 2.08. The number of hydrogen-bond donors (Lipinski definition) is 0. The molecule has 2 rings (SSSR count). The number of aromatic nitrogens is 2. The van der Waals surface area contributed by atoms with E-state index in [9.17, 15) is 0 Å². The van der Waals surface area contributed by atoms with Crippen LogP contribution in [0.2, 0.25) is 0 Å². The van der Waals surface area contributed by atoms with Gasteiger partial charge >= 0.3 is 0 Å². The van der Waals surface area contributed by atoms with Crippen LogP contribution in [-0.2, 0) is 11.3 Å². The van der Waals surface area contributed by atoms with Crippen molar-refractivity contribution >= 4 is 0 Å². The fraction of sp³-hybridized carbons (Fsp3) is 0.667. The van der Waals surface area contributed by atoms with E-state index in [2.05, 4.69) is 9.97 Å². The molecular formula is C12H18N2O. The lowest BCUT2D eigenvalue weighted by Gasteiger charge is -2.20. The quantitative estimate of drug-likeness (QED) is 0.762. The predicted molar refractivity (Wildman–Crippen MR) is 58.6 cm³/mol. The second kappa shape index (κ2) is 5.21. The van der Waals surface area contributed by atoms with Crippen LogP contribution in [0.15, 0.2) is 12.4 Å². The molecule has 1 saturated carbocycles. The standard InChI is InChI=1S/C12H18N2O/c1-15-9-11-7-14-12(8-13-11)10-5-3-2-4-6-10/h7-8,10H,2-6,9H2,1H3. The molecule has 1 aliphatic rings. The van der Waals surface area contributed by atoms with Crippen LogP contribution in [0.3, 0.4) is 0 Å². The van der Waals surface area contributed by atoms with Gasteiger partial charge in [0, 0.05) is 19.2 Å². The Labute approximate surface area is 90.9 Å². The molecule has 1 aliphatic carbocycles. The van der Waals surface area contributed by atoms with E-state index in [1.807, 2.05) is 12.4 Å². The highest BCUT2D eigenvalue weighted by atomic mass is 16.5. The van der Waals surface area contributed by atoms with Gasteiger partial charge < -0.3 is 4.74 Å². The molecule has 0 radical (unpaired) electrons. The van der Waals surface area contributed by atoms with Crippen molar-refractivity contribution in [1.29, 1.82) is 0 Å². The van der Waals surface area contributed by atoms with Crippen LogP contribution in [0.1, 0.15) is 49.4 Å². The van der Waals surface area contributed by atoms with Gasteiger partial charge in [-0.2, -0.15) is 0 Å². The average Bonchev–Trinajstić information content (AvgIpc) is 2.32. The van der Waals surface area contributed by atoms with Gasteiger partial charge in [0.25, 0.3) is 0 Å². The molecule has 0 bridgehead atoms. The fourth-order valence-corrected chi connectivity index (χ4v) is 2.20. The Morgan fingerprint density at radius 1 is 1.20 bits per heavy atom. The lowest BCUT2D eigenvalue weighted by molar-refractivity contribution is 0.181. The van der Waals surface area contributed by atoms with Crippen LogP contribution in [0.5, 0.6) is 0 Å². The van der Waals surface area contributed by atoms with Gasteiger partial charge in [0.1, 0.15) is 0 Å². The molecule has 15 heavy (non-hydrogen) atoms. The normalized spacial score (nSPS) is 17.9. The fourth-order valence-electron chi connectivity index (χ4n) is 2.20. The van der Waals surface area contributed by atoms with Crippen molar-refractivity contribution in [3.8, 4) is 0 Å². The Morgan fingerprint density at radius 2 is 2.00 bits per heavy atom. The smallest absolute Gasteiger partial charge is 0.0899 e. The van der Waals surface area contributed by atoms with Crippen LogP contribution in [0.25, 0.3) is 0 Å². The van der Waals surface area contributed by atoms with Crippen molar-refractivity contribution in [1.82, 2.24) is 9.97 Å². The zero-order chi connectivity index (χ0) is 10.5. The van der Waals surface area contributed by atoms with Crippen molar-refractivity contribution in [2.24, 2.45) is 0 Å². The number of hydrogen-bond acceptors (Lipinski definition) is 3. The molecule has 1 heterocycles. The third-order valence-electron chi connectivity index (χ3n) is 3.04. The molecule has 1 aromatic rings. The molecule has 0 unspecified atom stereocenters. The van der Waals surface area contributed by atoms with E-state index < -0.39 is 0 Å². The molecule has 1 aromatic heterocycles. The second-order valence-electron chi connectivity index (χ2n) is 4.20.